The summed E-state index contributed by atoms with van der Waals surface area (Å²) in [5.74, 6) is 1.72. The molecule has 0 atom stereocenters. The summed E-state index contributed by atoms with van der Waals surface area (Å²) in [5, 5.41) is 21.3. The fourth-order valence-corrected chi connectivity index (χ4v) is 1.69. The van der Waals surface area contributed by atoms with Gasteiger partial charge in [0.2, 0.25) is 0 Å². The lowest BCUT2D eigenvalue weighted by Crippen LogP contribution is -2.16. The van der Waals surface area contributed by atoms with Crippen LogP contribution < -0.4 is 9.47 Å². The second-order valence-corrected chi connectivity index (χ2v) is 3.21. The molecule has 0 radical (unpaired) electrons. The SMILES string of the molecule is OCC1=C(CO)Oc2cscc2O1. The predicted octanol–water partition coefficient (Wildman–Crippen LogP) is 0.716. The van der Waals surface area contributed by atoms with Crippen molar-refractivity contribution in [1.82, 2.24) is 0 Å². The summed E-state index contributed by atoms with van der Waals surface area (Å²) in [6.07, 6.45) is 0. The van der Waals surface area contributed by atoms with Crippen LogP contribution in [0.1, 0.15) is 0 Å². The van der Waals surface area contributed by atoms with Crippen LogP contribution in [-0.4, -0.2) is 23.4 Å². The third-order valence-electron chi connectivity index (χ3n) is 1.66. The molecule has 1 aliphatic heterocycles. The molecule has 2 heterocycles. The van der Waals surface area contributed by atoms with Crippen molar-refractivity contribution in [3.8, 4) is 11.5 Å². The van der Waals surface area contributed by atoms with E-state index < -0.39 is 0 Å². The standard InChI is InChI=1S/C8H8O4S/c9-1-5-6(2-10)12-8-4-13-3-7(8)11-5/h3-4,9-10H,1-2H2. The van der Waals surface area contributed by atoms with Crippen LogP contribution in [0.15, 0.2) is 22.3 Å². The Hall–Kier alpha value is -1.04. The van der Waals surface area contributed by atoms with Gasteiger partial charge in [-0.05, 0) is 0 Å². The Labute approximate surface area is 78.7 Å². The lowest BCUT2D eigenvalue weighted by Gasteiger charge is -2.18. The first kappa shape index (κ1) is 8.55. The zero-order valence-electron chi connectivity index (χ0n) is 6.69. The normalized spacial score (nSPS) is 14.9. The first-order valence-electron chi connectivity index (χ1n) is 3.70. The monoisotopic (exact) mass is 200 g/mol. The summed E-state index contributed by atoms with van der Waals surface area (Å²) in [4.78, 5) is 0. The molecule has 2 rings (SSSR count). The summed E-state index contributed by atoms with van der Waals surface area (Å²) in [7, 11) is 0. The fraction of sp³-hybridized carbons (Fsp3) is 0.250. The highest BCUT2D eigenvalue weighted by Crippen LogP contribution is 2.37. The van der Waals surface area contributed by atoms with Gasteiger partial charge in [0.1, 0.15) is 13.2 Å². The smallest absolute Gasteiger partial charge is 0.180 e. The predicted molar refractivity (Wildman–Crippen MR) is 46.8 cm³/mol. The second-order valence-electron chi connectivity index (χ2n) is 2.47. The van der Waals surface area contributed by atoms with E-state index in [1.54, 1.807) is 10.8 Å². The number of thiophene rings is 1. The Morgan fingerprint density at radius 2 is 1.46 bits per heavy atom. The lowest BCUT2D eigenvalue weighted by atomic mass is 10.3. The Kier molecular flexibility index (Phi) is 2.22. The minimum atomic E-state index is -0.273. The second kappa shape index (κ2) is 3.37. The van der Waals surface area contributed by atoms with Crippen LogP contribution in [0.25, 0.3) is 0 Å². The van der Waals surface area contributed by atoms with Gasteiger partial charge in [-0.15, -0.1) is 11.3 Å². The van der Waals surface area contributed by atoms with Crippen molar-refractivity contribution in [2.45, 2.75) is 0 Å². The average Bonchev–Trinajstić information content (AvgIpc) is 2.62. The van der Waals surface area contributed by atoms with Gasteiger partial charge in [0.15, 0.2) is 23.0 Å². The third-order valence-corrected chi connectivity index (χ3v) is 2.36. The molecule has 0 saturated carbocycles. The Morgan fingerprint density at radius 1 is 1.00 bits per heavy atom. The molecular weight excluding hydrogens is 192 g/mol. The highest BCUT2D eigenvalue weighted by Gasteiger charge is 2.20. The van der Waals surface area contributed by atoms with Crippen molar-refractivity contribution in [2.75, 3.05) is 13.2 Å². The molecule has 1 aromatic rings. The van der Waals surface area contributed by atoms with Gasteiger partial charge in [-0.25, -0.2) is 0 Å². The Balaban J connectivity index is 2.31. The summed E-state index contributed by atoms with van der Waals surface area (Å²) in [5.41, 5.74) is 0. The maximum Gasteiger partial charge on any atom is 0.180 e. The molecule has 1 aliphatic rings. The van der Waals surface area contributed by atoms with Crippen LogP contribution in [-0.2, 0) is 0 Å². The van der Waals surface area contributed by atoms with Gasteiger partial charge in [0.05, 0.1) is 0 Å². The molecular formula is C8H8O4S. The number of ether oxygens (including phenoxy) is 2. The molecule has 0 fully saturated rings. The maximum absolute atomic E-state index is 8.89. The van der Waals surface area contributed by atoms with E-state index in [2.05, 4.69) is 0 Å². The van der Waals surface area contributed by atoms with Crippen LogP contribution in [0, 0.1) is 0 Å². The number of fused-ring (bicyclic) bond motifs is 1. The van der Waals surface area contributed by atoms with Crippen molar-refractivity contribution in [1.29, 1.82) is 0 Å². The third kappa shape index (κ3) is 1.41. The van der Waals surface area contributed by atoms with Crippen LogP contribution in [0.5, 0.6) is 11.5 Å². The molecule has 0 bridgehead atoms. The number of hydrogen-bond donors (Lipinski definition) is 2. The van der Waals surface area contributed by atoms with Crippen LogP contribution >= 0.6 is 11.3 Å². The summed E-state index contributed by atoms with van der Waals surface area (Å²) >= 11 is 1.44. The van der Waals surface area contributed by atoms with Gasteiger partial charge < -0.3 is 19.7 Å². The number of aliphatic hydroxyl groups excluding tert-OH is 2. The van der Waals surface area contributed by atoms with Gasteiger partial charge in [-0.2, -0.15) is 0 Å². The van der Waals surface area contributed by atoms with Gasteiger partial charge in [0.25, 0.3) is 0 Å². The number of hydrogen-bond acceptors (Lipinski definition) is 5. The zero-order valence-corrected chi connectivity index (χ0v) is 7.50. The van der Waals surface area contributed by atoms with E-state index in [0.29, 0.717) is 11.5 Å². The topological polar surface area (TPSA) is 58.9 Å². The summed E-state index contributed by atoms with van der Waals surface area (Å²) in [6, 6.07) is 0. The minimum Gasteiger partial charge on any atom is -0.451 e. The minimum absolute atomic E-state index is 0.272. The molecule has 0 unspecified atom stereocenters. The van der Waals surface area contributed by atoms with Crippen molar-refractivity contribution in [2.24, 2.45) is 0 Å². The Bertz CT molecular complexity index is 311. The number of aliphatic hydroxyl groups is 2. The van der Waals surface area contributed by atoms with Crippen molar-refractivity contribution in [3.63, 3.8) is 0 Å². The molecule has 0 aliphatic carbocycles. The van der Waals surface area contributed by atoms with Crippen LogP contribution in [0.3, 0.4) is 0 Å². The van der Waals surface area contributed by atoms with E-state index in [1.165, 1.54) is 11.3 Å². The highest BCUT2D eigenvalue weighted by molar-refractivity contribution is 7.08. The van der Waals surface area contributed by atoms with E-state index in [0.717, 1.165) is 0 Å². The highest BCUT2D eigenvalue weighted by atomic mass is 32.1. The Morgan fingerprint density at radius 3 is 1.85 bits per heavy atom. The summed E-state index contributed by atoms with van der Waals surface area (Å²) < 4.78 is 10.6. The quantitative estimate of drug-likeness (QED) is 0.738. The molecule has 2 N–H and O–H groups in total. The molecule has 0 amide bonds. The average molecular weight is 200 g/mol. The molecule has 4 nitrogen and oxygen atoms in total. The molecule has 70 valence electrons. The van der Waals surface area contributed by atoms with E-state index in [9.17, 15) is 0 Å². The van der Waals surface area contributed by atoms with Crippen molar-refractivity contribution >= 4 is 11.3 Å². The lowest BCUT2D eigenvalue weighted by molar-refractivity contribution is 0.186. The van der Waals surface area contributed by atoms with Gasteiger partial charge in [-0.1, -0.05) is 0 Å². The van der Waals surface area contributed by atoms with E-state index in [-0.39, 0.29) is 24.7 Å². The molecule has 0 saturated heterocycles. The first-order chi connectivity index (χ1) is 6.35. The first-order valence-corrected chi connectivity index (χ1v) is 4.65. The molecule has 0 aromatic carbocycles. The molecule has 1 aromatic heterocycles. The fourth-order valence-electron chi connectivity index (χ4n) is 1.04. The molecule has 0 spiro atoms. The summed E-state index contributed by atoms with van der Waals surface area (Å²) in [6.45, 7) is -0.545. The van der Waals surface area contributed by atoms with Gasteiger partial charge in [-0.3, -0.25) is 0 Å². The van der Waals surface area contributed by atoms with Gasteiger partial charge >= 0.3 is 0 Å². The van der Waals surface area contributed by atoms with Crippen LogP contribution in [0.2, 0.25) is 0 Å². The molecule has 13 heavy (non-hydrogen) atoms. The van der Waals surface area contributed by atoms with Gasteiger partial charge in [0, 0.05) is 10.8 Å². The largest absolute Gasteiger partial charge is 0.451 e. The zero-order chi connectivity index (χ0) is 9.26. The van der Waals surface area contributed by atoms with Crippen molar-refractivity contribution in [3.05, 3.63) is 22.3 Å². The number of rotatable bonds is 2. The molecule has 5 heteroatoms. The van der Waals surface area contributed by atoms with E-state index in [1.807, 2.05) is 0 Å². The van der Waals surface area contributed by atoms with Crippen LogP contribution in [0.4, 0.5) is 0 Å². The van der Waals surface area contributed by atoms with E-state index in [4.69, 9.17) is 19.7 Å². The van der Waals surface area contributed by atoms with Crippen molar-refractivity contribution < 1.29 is 19.7 Å². The van der Waals surface area contributed by atoms with E-state index >= 15 is 0 Å². The maximum atomic E-state index is 8.89.